The van der Waals surface area contributed by atoms with E-state index in [1.165, 1.54) is 19.4 Å². The van der Waals surface area contributed by atoms with Gasteiger partial charge >= 0.3 is 0 Å². The summed E-state index contributed by atoms with van der Waals surface area (Å²) in [6.07, 6.45) is 2.47. The average molecular weight is 327 g/mol. The fourth-order valence-electron chi connectivity index (χ4n) is 4.21. The highest BCUT2D eigenvalue weighted by Gasteiger charge is 2.33. The molecule has 0 saturated carbocycles. The Kier molecular flexibility index (Phi) is 3.79. The van der Waals surface area contributed by atoms with Gasteiger partial charge in [-0.1, -0.05) is 0 Å². The van der Waals surface area contributed by atoms with Crippen LogP contribution in [0.5, 0.6) is 0 Å². The molecule has 0 N–H and O–H groups in total. The molecular formula is C18H25N5O. The van der Waals surface area contributed by atoms with Crippen LogP contribution < -0.4 is 0 Å². The molecule has 128 valence electrons. The Morgan fingerprint density at radius 1 is 1.29 bits per heavy atom. The molecule has 4 rings (SSSR count). The van der Waals surface area contributed by atoms with Crippen molar-refractivity contribution in [2.75, 3.05) is 26.2 Å². The van der Waals surface area contributed by atoms with Crippen LogP contribution in [0.4, 0.5) is 0 Å². The number of carbonyl (C=O) groups is 1. The Labute approximate surface area is 142 Å². The first-order valence-electron chi connectivity index (χ1n) is 8.96. The first kappa shape index (κ1) is 15.6. The van der Waals surface area contributed by atoms with Gasteiger partial charge in [0, 0.05) is 37.9 Å². The highest BCUT2D eigenvalue weighted by atomic mass is 16.2. The Hall–Kier alpha value is -1.95. The second kappa shape index (κ2) is 5.84. The number of fused-ring (bicyclic) bond motifs is 2. The summed E-state index contributed by atoms with van der Waals surface area (Å²) in [5.41, 5.74) is 3.36. The van der Waals surface area contributed by atoms with E-state index in [-0.39, 0.29) is 5.91 Å². The van der Waals surface area contributed by atoms with E-state index in [1.54, 1.807) is 0 Å². The predicted molar refractivity (Wildman–Crippen MR) is 93.2 cm³/mol. The minimum absolute atomic E-state index is 0.135. The van der Waals surface area contributed by atoms with E-state index >= 15 is 0 Å². The first-order valence-corrected chi connectivity index (χ1v) is 8.96. The number of hydrogen-bond donors (Lipinski definition) is 0. The van der Waals surface area contributed by atoms with Crippen LogP contribution in [0.15, 0.2) is 6.07 Å². The summed E-state index contributed by atoms with van der Waals surface area (Å²) in [6.45, 7) is 10.6. The minimum Gasteiger partial charge on any atom is -0.336 e. The van der Waals surface area contributed by atoms with Crippen LogP contribution in [0.3, 0.4) is 0 Å². The number of aromatic nitrogens is 3. The number of rotatable bonds is 2. The van der Waals surface area contributed by atoms with Crippen molar-refractivity contribution < 1.29 is 4.79 Å². The average Bonchev–Trinajstić information content (AvgIpc) is 3.17. The van der Waals surface area contributed by atoms with Gasteiger partial charge in [0.1, 0.15) is 0 Å². The van der Waals surface area contributed by atoms with E-state index < -0.39 is 0 Å². The molecule has 2 aliphatic heterocycles. The number of nitrogens with zero attached hydrogens (tertiary/aromatic N) is 5. The molecule has 2 aromatic heterocycles. The highest BCUT2D eigenvalue weighted by Crippen LogP contribution is 2.26. The lowest BCUT2D eigenvalue weighted by atomic mass is 10.1. The SMILES string of the molecule is CCn1nc(C)c2c(C(=O)N3CCN4CCCC4C3)cc(C)nc21. The van der Waals surface area contributed by atoms with Crippen molar-refractivity contribution in [1.82, 2.24) is 24.6 Å². The van der Waals surface area contributed by atoms with Gasteiger partial charge in [-0.15, -0.1) is 0 Å². The summed E-state index contributed by atoms with van der Waals surface area (Å²) in [7, 11) is 0. The number of pyridine rings is 1. The zero-order chi connectivity index (χ0) is 16.8. The quantitative estimate of drug-likeness (QED) is 0.846. The van der Waals surface area contributed by atoms with Gasteiger partial charge in [0.05, 0.1) is 16.6 Å². The summed E-state index contributed by atoms with van der Waals surface area (Å²) in [5, 5.41) is 5.48. The molecule has 4 heterocycles. The molecule has 6 heteroatoms. The Bertz CT molecular complexity index is 796. The molecule has 1 unspecified atom stereocenters. The fourth-order valence-corrected chi connectivity index (χ4v) is 4.21. The van der Waals surface area contributed by atoms with Gasteiger partial charge in [0.25, 0.3) is 5.91 Å². The zero-order valence-corrected chi connectivity index (χ0v) is 14.7. The van der Waals surface area contributed by atoms with E-state index in [2.05, 4.69) is 21.9 Å². The van der Waals surface area contributed by atoms with Crippen molar-refractivity contribution in [1.29, 1.82) is 0 Å². The van der Waals surface area contributed by atoms with Crippen molar-refractivity contribution in [3.63, 3.8) is 0 Å². The number of aryl methyl sites for hydroxylation is 3. The van der Waals surface area contributed by atoms with Gasteiger partial charge in [0.15, 0.2) is 5.65 Å². The Morgan fingerprint density at radius 2 is 2.12 bits per heavy atom. The fraction of sp³-hybridized carbons (Fsp3) is 0.611. The maximum Gasteiger partial charge on any atom is 0.254 e. The molecule has 1 amide bonds. The van der Waals surface area contributed by atoms with E-state index in [0.717, 1.165) is 54.2 Å². The Morgan fingerprint density at radius 3 is 2.92 bits per heavy atom. The molecule has 2 aliphatic rings. The van der Waals surface area contributed by atoms with Gasteiger partial charge in [-0.25, -0.2) is 9.67 Å². The molecule has 1 atom stereocenters. The summed E-state index contributed by atoms with van der Waals surface area (Å²) < 4.78 is 1.89. The normalized spacial score (nSPS) is 21.5. The van der Waals surface area contributed by atoms with Crippen LogP contribution in [0.2, 0.25) is 0 Å². The summed E-state index contributed by atoms with van der Waals surface area (Å²) >= 11 is 0. The van der Waals surface area contributed by atoms with Gasteiger partial charge in [-0.3, -0.25) is 9.69 Å². The molecule has 6 nitrogen and oxygen atoms in total. The van der Waals surface area contributed by atoms with Crippen molar-refractivity contribution in [2.45, 2.75) is 46.2 Å². The largest absolute Gasteiger partial charge is 0.336 e. The Balaban J connectivity index is 1.73. The van der Waals surface area contributed by atoms with Crippen LogP contribution in [0.1, 0.15) is 41.5 Å². The lowest BCUT2D eigenvalue weighted by Gasteiger charge is -2.37. The van der Waals surface area contributed by atoms with Gasteiger partial charge in [-0.2, -0.15) is 5.10 Å². The van der Waals surface area contributed by atoms with Crippen LogP contribution in [0, 0.1) is 13.8 Å². The number of piperazine rings is 1. The highest BCUT2D eigenvalue weighted by molar-refractivity contribution is 6.06. The van der Waals surface area contributed by atoms with Crippen molar-refractivity contribution in [2.24, 2.45) is 0 Å². The van der Waals surface area contributed by atoms with Crippen molar-refractivity contribution in [3.05, 3.63) is 23.0 Å². The van der Waals surface area contributed by atoms with Gasteiger partial charge in [-0.05, 0) is 46.2 Å². The van der Waals surface area contributed by atoms with Crippen LogP contribution in [-0.2, 0) is 6.54 Å². The topological polar surface area (TPSA) is 54.3 Å². The molecule has 0 spiro atoms. The second-order valence-corrected chi connectivity index (χ2v) is 6.99. The second-order valence-electron chi connectivity index (χ2n) is 6.99. The van der Waals surface area contributed by atoms with E-state index in [1.807, 2.05) is 29.5 Å². The van der Waals surface area contributed by atoms with E-state index in [9.17, 15) is 4.79 Å². The van der Waals surface area contributed by atoms with E-state index in [4.69, 9.17) is 0 Å². The lowest BCUT2D eigenvalue weighted by Crippen LogP contribution is -2.52. The standard InChI is InChI=1S/C18H25N5O/c1-4-23-17-16(13(3)20-23)15(10-12(2)19-17)18(24)22-9-8-21-7-5-6-14(21)11-22/h10,14H,4-9,11H2,1-3H3. The van der Waals surface area contributed by atoms with Crippen molar-refractivity contribution >= 4 is 16.9 Å². The maximum atomic E-state index is 13.2. The third-order valence-corrected chi connectivity index (χ3v) is 5.41. The maximum absolute atomic E-state index is 13.2. The van der Waals surface area contributed by atoms with Crippen molar-refractivity contribution in [3.8, 4) is 0 Å². The molecule has 24 heavy (non-hydrogen) atoms. The molecular weight excluding hydrogens is 302 g/mol. The summed E-state index contributed by atoms with van der Waals surface area (Å²) in [6, 6.07) is 2.47. The molecule has 2 aromatic rings. The summed E-state index contributed by atoms with van der Waals surface area (Å²) in [5.74, 6) is 0.135. The first-order chi connectivity index (χ1) is 11.6. The third kappa shape index (κ3) is 2.40. The predicted octanol–water partition coefficient (Wildman–Crippen LogP) is 1.99. The molecule has 0 aliphatic carbocycles. The smallest absolute Gasteiger partial charge is 0.254 e. The van der Waals surface area contributed by atoms with Gasteiger partial charge < -0.3 is 4.90 Å². The number of hydrogen-bond acceptors (Lipinski definition) is 4. The monoisotopic (exact) mass is 327 g/mol. The summed E-state index contributed by atoms with van der Waals surface area (Å²) in [4.78, 5) is 22.4. The number of amides is 1. The zero-order valence-electron chi connectivity index (χ0n) is 14.7. The van der Waals surface area contributed by atoms with Gasteiger partial charge in [0.2, 0.25) is 0 Å². The van der Waals surface area contributed by atoms with Crippen LogP contribution >= 0.6 is 0 Å². The molecule has 2 fully saturated rings. The van der Waals surface area contributed by atoms with Crippen LogP contribution in [-0.4, -0.2) is 62.7 Å². The number of carbonyl (C=O) groups excluding carboxylic acids is 1. The lowest BCUT2D eigenvalue weighted by molar-refractivity contribution is 0.0573. The van der Waals surface area contributed by atoms with Crippen LogP contribution in [0.25, 0.3) is 11.0 Å². The third-order valence-electron chi connectivity index (χ3n) is 5.41. The minimum atomic E-state index is 0.135. The molecule has 2 saturated heterocycles. The molecule has 0 aromatic carbocycles. The van der Waals surface area contributed by atoms with E-state index in [0.29, 0.717) is 6.04 Å². The molecule has 0 bridgehead atoms. The molecule has 0 radical (unpaired) electrons.